The van der Waals surface area contributed by atoms with Gasteiger partial charge in [-0.2, -0.15) is 0 Å². The van der Waals surface area contributed by atoms with Crippen LogP contribution in [0.2, 0.25) is 0 Å². The van der Waals surface area contributed by atoms with Crippen molar-refractivity contribution in [3.05, 3.63) is 29.8 Å². The van der Waals surface area contributed by atoms with Gasteiger partial charge in [0.15, 0.2) is 11.5 Å². The summed E-state index contributed by atoms with van der Waals surface area (Å²) in [6.45, 7) is 2.60. The van der Waals surface area contributed by atoms with Crippen molar-refractivity contribution in [2.24, 2.45) is 7.05 Å². The van der Waals surface area contributed by atoms with Gasteiger partial charge in [-0.05, 0) is 24.6 Å². The second-order valence-corrected chi connectivity index (χ2v) is 4.75. The standard InChI is InChI=1S/C14H20N4O3/c1-9(14-17-16-8-18(14)2)15-7-10-5-11(20-3)13(19)12(6-10)21-4/h5-6,8-9,15,19H,7H2,1-4H3. The Morgan fingerprint density at radius 2 is 1.90 bits per heavy atom. The van der Waals surface area contributed by atoms with Crippen LogP contribution in [0.25, 0.3) is 0 Å². The highest BCUT2D eigenvalue weighted by atomic mass is 16.5. The van der Waals surface area contributed by atoms with Crippen molar-refractivity contribution in [3.8, 4) is 17.2 Å². The average Bonchev–Trinajstić information content (AvgIpc) is 2.92. The fourth-order valence-electron chi connectivity index (χ4n) is 2.10. The van der Waals surface area contributed by atoms with Crippen molar-refractivity contribution in [1.82, 2.24) is 20.1 Å². The summed E-state index contributed by atoms with van der Waals surface area (Å²) < 4.78 is 12.2. The van der Waals surface area contributed by atoms with E-state index >= 15 is 0 Å². The molecule has 0 aliphatic carbocycles. The maximum Gasteiger partial charge on any atom is 0.200 e. The van der Waals surface area contributed by atoms with E-state index in [0.29, 0.717) is 18.0 Å². The molecule has 2 rings (SSSR count). The van der Waals surface area contributed by atoms with Gasteiger partial charge in [0, 0.05) is 13.6 Å². The molecule has 0 fully saturated rings. The molecule has 1 unspecified atom stereocenters. The minimum Gasteiger partial charge on any atom is -0.502 e. The molecule has 0 bridgehead atoms. The number of aromatic nitrogens is 3. The summed E-state index contributed by atoms with van der Waals surface area (Å²) in [6, 6.07) is 3.59. The normalized spacial score (nSPS) is 12.2. The number of methoxy groups -OCH3 is 2. The average molecular weight is 292 g/mol. The van der Waals surface area contributed by atoms with Gasteiger partial charge in [-0.25, -0.2) is 0 Å². The van der Waals surface area contributed by atoms with Gasteiger partial charge in [-0.1, -0.05) is 0 Å². The zero-order chi connectivity index (χ0) is 15.4. The van der Waals surface area contributed by atoms with Crippen LogP contribution in [0.4, 0.5) is 0 Å². The maximum absolute atomic E-state index is 9.89. The molecule has 0 amide bonds. The lowest BCUT2D eigenvalue weighted by Crippen LogP contribution is -2.21. The number of nitrogens with zero attached hydrogens (tertiary/aromatic N) is 3. The summed E-state index contributed by atoms with van der Waals surface area (Å²) >= 11 is 0. The van der Waals surface area contributed by atoms with Gasteiger partial charge in [0.1, 0.15) is 12.2 Å². The fraction of sp³-hybridized carbons (Fsp3) is 0.429. The summed E-state index contributed by atoms with van der Waals surface area (Å²) in [5, 5.41) is 21.2. The molecule has 0 saturated carbocycles. The van der Waals surface area contributed by atoms with Gasteiger partial charge < -0.3 is 24.5 Å². The lowest BCUT2D eigenvalue weighted by molar-refractivity contribution is 0.338. The largest absolute Gasteiger partial charge is 0.502 e. The van der Waals surface area contributed by atoms with Crippen molar-refractivity contribution >= 4 is 0 Å². The van der Waals surface area contributed by atoms with E-state index in [1.165, 1.54) is 14.2 Å². The topological polar surface area (TPSA) is 81.4 Å². The first-order valence-corrected chi connectivity index (χ1v) is 6.58. The Kier molecular flexibility index (Phi) is 4.64. The fourth-order valence-corrected chi connectivity index (χ4v) is 2.10. The van der Waals surface area contributed by atoms with Crippen LogP contribution >= 0.6 is 0 Å². The van der Waals surface area contributed by atoms with Gasteiger partial charge in [-0.15, -0.1) is 10.2 Å². The number of phenolic OH excluding ortho intramolecular Hbond substituents is 1. The molecule has 2 aromatic rings. The zero-order valence-corrected chi connectivity index (χ0v) is 12.6. The van der Waals surface area contributed by atoms with E-state index in [9.17, 15) is 5.11 Å². The molecule has 21 heavy (non-hydrogen) atoms. The third-order valence-corrected chi connectivity index (χ3v) is 3.29. The summed E-state index contributed by atoms with van der Waals surface area (Å²) in [5.41, 5.74) is 0.940. The molecule has 1 heterocycles. The van der Waals surface area contributed by atoms with Crippen LogP contribution in [0, 0.1) is 0 Å². The molecule has 0 aliphatic rings. The maximum atomic E-state index is 9.89. The quantitative estimate of drug-likeness (QED) is 0.837. The van der Waals surface area contributed by atoms with Crippen molar-refractivity contribution in [2.75, 3.05) is 14.2 Å². The van der Waals surface area contributed by atoms with Crippen LogP contribution in [-0.4, -0.2) is 34.1 Å². The third kappa shape index (κ3) is 3.25. The minimum atomic E-state index is 0.00472. The van der Waals surface area contributed by atoms with Crippen molar-refractivity contribution < 1.29 is 14.6 Å². The summed E-state index contributed by atoms with van der Waals surface area (Å²) in [4.78, 5) is 0. The predicted molar refractivity (Wildman–Crippen MR) is 77.5 cm³/mol. The molecule has 1 aromatic carbocycles. The Balaban J connectivity index is 2.11. The van der Waals surface area contributed by atoms with Crippen LogP contribution in [0.5, 0.6) is 17.2 Å². The second kappa shape index (κ2) is 6.45. The monoisotopic (exact) mass is 292 g/mol. The molecule has 0 aliphatic heterocycles. The van der Waals surface area contributed by atoms with Crippen LogP contribution in [-0.2, 0) is 13.6 Å². The highest BCUT2D eigenvalue weighted by molar-refractivity contribution is 5.52. The van der Waals surface area contributed by atoms with E-state index in [1.54, 1.807) is 18.5 Å². The summed E-state index contributed by atoms with van der Waals surface area (Å²) in [7, 11) is 4.92. The van der Waals surface area contributed by atoms with Crippen molar-refractivity contribution in [2.45, 2.75) is 19.5 Å². The Morgan fingerprint density at radius 1 is 1.29 bits per heavy atom. The molecule has 0 radical (unpaired) electrons. The van der Waals surface area contributed by atoms with Crippen LogP contribution < -0.4 is 14.8 Å². The second-order valence-electron chi connectivity index (χ2n) is 4.75. The lowest BCUT2D eigenvalue weighted by atomic mass is 10.1. The Labute approximate surface area is 123 Å². The minimum absolute atomic E-state index is 0.00472. The first-order valence-electron chi connectivity index (χ1n) is 6.58. The van der Waals surface area contributed by atoms with E-state index in [0.717, 1.165) is 11.4 Å². The zero-order valence-electron chi connectivity index (χ0n) is 12.6. The van der Waals surface area contributed by atoms with E-state index in [-0.39, 0.29) is 11.8 Å². The number of hydrogen-bond acceptors (Lipinski definition) is 6. The molecular weight excluding hydrogens is 272 g/mol. The van der Waals surface area contributed by atoms with Gasteiger partial charge in [0.05, 0.1) is 20.3 Å². The number of rotatable bonds is 6. The molecule has 7 nitrogen and oxygen atoms in total. The molecule has 7 heteroatoms. The summed E-state index contributed by atoms with van der Waals surface area (Å²) in [6.07, 6.45) is 1.67. The number of aryl methyl sites for hydroxylation is 1. The smallest absolute Gasteiger partial charge is 0.200 e. The lowest BCUT2D eigenvalue weighted by Gasteiger charge is -2.15. The van der Waals surface area contributed by atoms with Crippen LogP contribution in [0.15, 0.2) is 18.5 Å². The van der Waals surface area contributed by atoms with Crippen LogP contribution in [0.3, 0.4) is 0 Å². The SMILES string of the molecule is COc1cc(CNC(C)c2nncn2C)cc(OC)c1O. The molecule has 0 spiro atoms. The highest BCUT2D eigenvalue weighted by Crippen LogP contribution is 2.37. The van der Waals surface area contributed by atoms with Gasteiger partial charge in [-0.3, -0.25) is 0 Å². The first kappa shape index (κ1) is 15.1. The molecule has 0 saturated heterocycles. The van der Waals surface area contributed by atoms with E-state index < -0.39 is 0 Å². The number of ether oxygens (including phenoxy) is 2. The van der Waals surface area contributed by atoms with E-state index in [4.69, 9.17) is 9.47 Å². The Bertz CT molecular complexity index is 587. The molecular formula is C14H20N4O3. The number of nitrogens with one attached hydrogen (secondary N) is 1. The third-order valence-electron chi connectivity index (χ3n) is 3.29. The van der Waals surface area contributed by atoms with Crippen molar-refractivity contribution in [1.29, 1.82) is 0 Å². The van der Waals surface area contributed by atoms with Gasteiger partial charge in [0.25, 0.3) is 0 Å². The Hall–Kier alpha value is -2.28. The number of benzene rings is 1. The summed E-state index contributed by atoms with van der Waals surface area (Å²) in [5.74, 6) is 1.63. The number of aromatic hydroxyl groups is 1. The molecule has 114 valence electrons. The highest BCUT2D eigenvalue weighted by Gasteiger charge is 2.14. The van der Waals surface area contributed by atoms with E-state index in [2.05, 4.69) is 15.5 Å². The van der Waals surface area contributed by atoms with E-state index in [1.807, 2.05) is 18.5 Å². The first-order chi connectivity index (χ1) is 10.1. The van der Waals surface area contributed by atoms with Gasteiger partial charge >= 0.3 is 0 Å². The predicted octanol–water partition coefficient (Wildman–Crippen LogP) is 1.39. The molecule has 2 N–H and O–H groups in total. The Morgan fingerprint density at radius 3 is 2.38 bits per heavy atom. The molecule has 1 aromatic heterocycles. The molecule has 1 atom stereocenters. The number of phenols is 1. The van der Waals surface area contributed by atoms with Crippen LogP contribution in [0.1, 0.15) is 24.4 Å². The van der Waals surface area contributed by atoms with Gasteiger partial charge in [0.2, 0.25) is 5.75 Å². The number of hydrogen-bond donors (Lipinski definition) is 2. The van der Waals surface area contributed by atoms with Crippen molar-refractivity contribution in [3.63, 3.8) is 0 Å².